The van der Waals surface area contributed by atoms with Gasteiger partial charge in [0.15, 0.2) is 0 Å². The van der Waals surface area contributed by atoms with E-state index in [1.807, 2.05) is 12.1 Å². The van der Waals surface area contributed by atoms with Crippen LogP contribution in [0.5, 0.6) is 5.75 Å². The van der Waals surface area contributed by atoms with Gasteiger partial charge in [0.1, 0.15) is 5.75 Å². The number of phenolic OH excluding ortho intramolecular Hbond substituents is 1. The van der Waals surface area contributed by atoms with Gasteiger partial charge in [-0.3, -0.25) is 4.79 Å². The van der Waals surface area contributed by atoms with Crippen molar-refractivity contribution in [2.24, 2.45) is 0 Å². The van der Waals surface area contributed by atoms with Crippen molar-refractivity contribution in [2.45, 2.75) is 50.5 Å². The highest BCUT2D eigenvalue weighted by molar-refractivity contribution is 5.76. The molecule has 3 heteroatoms. The molecule has 2 N–H and O–H groups in total. The number of hydrogen-bond acceptors (Lipinski definition) is 2. The van der Waals surface area contributed by atoms with Crippen molar-refractivity contribution >= 4 is 5.91 Å². The van der Waals surface area contributed by atoms with E-state index in [-0.39, 0.29) is 11.7 Å². The van der Waals surface area contributed by atoms with Crippen LogP contribution in [0.15, 0.2) is 54.6 Å². The van der Waals surface area contributed by atoms with Gasteiger partial charge in [-0.2, -0.15) is 0 Å². The topological polar surface area (TPSA) is 49.3 Å². The second kappa shape index (κ2) is 8.00. The number of benzene rings is 2. The van der Waals surface area contributed by atoms with E-state index in [1.54, 1.807) is 12.1 Å². The fraction of sp³-hybridized carbons (Fsp3) is 0.381. The Labute approximate surface area is 143 Å². The minimum absolute atomic E-state index is 0.0846. The van der Waals surface area contributed by atoms with Crippen molar-refractivity contribution in [1.29, 1.82) is 0 Å². The zero-order valence-electron chi connectivity index (χ0n) is 13.9. The first kappa shape index (κ1) is 16.6. The highest BCUT2D eigenvalue weighted by atomic mass is 16.3. The first-order valence-corrected chi connectivity index (χ1v) is 8.83. The summed E-state index contributed by atoms with van der Waals surface area (Å²) >= 11 is 0. The van der Waals surface area contributed by atoms with E-state index >= 15 is 0 Å². The first-order chi connectivity index (χ1) is 11.7. The Morgan fingerprint density at radius 3 is 2.33 bits per heavy atom. The second-order valence-corrected chi connectivity index (χ2v) is 6.66. The number of carbonyl (C=O) groups excluding carboxylic acids is 1. The van der Waals surface area contributed by atoms with Crippen LogP contribution >= 0.6 is 0 Å². The number of carbonyl (C=O) groups is 1. The van der Waals surface area contributed by atoms with Crippen molar-refractivity contribution in [3.8, 4) is 5.75 Å². The Morgan fingerprint density at radius 2 is 1.62 bits per heavy atom. The molecule has 0 spiro atoms. The third kappa shape index (κ3) is 4.38. The van der Waals surface area contributed by atoms with E-state index in [2.05, 4.69) is 35.6 Å². The molecule has 0 aliphatic heterocycles. The van der Waals surface area contributed by atoms with E-state index in [9.17, 15) is 9.90 Å². The van der Waals surface area contributed by atoms with Crippen molar-refractivity contribution in [3.63, 3.8) is 0 Å². The summed E-state index contributed by atoms with van der Waals surface area (Å²) in [7, 11) is 0. The van der Waals surface area contributed by atoms with Gasteiger partial charge in [0.25, 0.3) is 0 Å². The van der Waals surface area contributed by atoms with Crippen molar-refractivity contribution < 1.29 is 9.90 Å². The highest BCUT2D eigenvalue weighted by Crippen LogP contribution is 2.32. The molecule has 1 aliphatic carbocycles. The lowest BCUT2D eigenvalue weighted by atomic mass is 9.82. The van der Waals surface area contributed by atoms with Crippen LogP contribution in [0, 0.1) is 0 Å². The summed E-state index contributed by atoms with van der Waals surface area (Å²) in [5, 5.41) is 12.9. The lowest BCUT2D eigenvalue weighted by Crippen LogP contribution is -2.37. The zero-order valence-corrected chi connectivity index (χ0v) is 13.9. The molecule has 0 atom stereocenters. The quantitative estimate of drug-likeness (QED) is 0.867. The van der Waals surface area contributed by atoms with E-state index in [4.69, 9.17) is 0 Å². The van der Waals surface area contributed by atoms with Crippen LogP contribution < -0.4 is 5.32 Å². The molecule has 0 bridgehead atoms. The Hall–Kier alpha value is -2.29. The lowest BCUT2D eigenvalue weighted by Gasteiger charge is -2.29. The van der Waals surface area contributed by atoms with Crippen LogP contribution in [-0.2, 0) is 11.2 Å². The normalized spacial score (nSPS) is 20.5. The molecule has 2 aromatic carbocycles. The average molecular weight is 323 g/mol. The third-order valence-corrected chi connectivity index (χ3v) is 4.98. The van der Waals surface area contributed by atoms with Crippen molar-refractivity contribution in [1.82, 2.24) is 5.32 Å². The molecule has 1 amide bonds. The molecule has 0 radical (unpaired) electrons. The van der Waals surface area contributed by atoms with E-state index in [0.29, 0.717) is 24.8 Å². The van der Waals surface area contributed by atoms with Gasteiger partial charge >= 0.3 is 0 Å². The predicted octanol–water partition coefficient (Wildman–Crippen LogP) is 4.17. The standard InChI is InChI=1S/C21H25NO2/c23-20-9-5-4-8-18(20)12-15-21(24)22-19-13-10-17(11-14-19)16-6-2-1-3-7-16/h1-9,17,19,23H,10-15H2,(H,22,24). The fourth-order valence-electron chi connectivity index (χ4n) is 3.57. The number of hydrogen-bond donors (Lipinski definition) is 2. The molecule has 1 saturated carbocycles. The summed E-state index contributed by atoms with van der Waals surface area (Å²) in [6, 6.07) is 18.2. The van der Waals surface area contributed by atoms with Gasteiger partial charge < -0.3 is 10.4 Å². The van der Waals surface area contributed by atoms with Crippen LogP contribution in [-0.4, -0.2) is 17.1 Å². The smallest absolute Gasteiger partial charge is 0.220 e. The first-order valence-electron chi connectivity index (χ1n) is 8.83. The van der Waals surface area contributed by atoms with Crippen LogP contribution in [0.2, 0.25) is 0 Å². The highest BCUT2D eigenvalue weighted by Gasteiger charge is 2.23. The third-order valence-electron chi connectivity index (χ3n) is 4.98. The fourth-order valence-corrected chi connectivity index (χ4v) is 3.57. The molecule has 24 heavy (non-hydrogen) atoms. The van der Waals surface area contributed by atoms with E-state index in [1.165, 1.54) is 5.56 Å². The molecule has 3 nitrogen and oxygen atoms in total. The molecule has 0 aromatic heterocycles. The number of nitrogens with one attached hydrogen (secondary N) is 1. The number of rotatable bonds is 5. The summed E-state index contributed by atoms with van der Waals surface area (Å²) in [4.78, 5) is 12.2. The van der Waals surface area contributed by atoms with Gasteiger partial charge in [0.2, 0.25) is 5.91 Å². The van der Waals surface area contributed by atoms with Crippen molar-refractivity contribution in [3.05, 3.63) is 65.7 Å². The molecular weight excluding hydrogens is 298 g/mol. The summed E-state index contributed by atoms with van der Waals surface area (Å²) in [5.41, 5.74) is 2.25. The van der Waals surface area contributed by atoms with Gasteiger partial charge in [-0.05, 0) is 55.2 Å². The molecule has 2 aromatic rings. The van der Waals surface area contributed by atoms with Crippen molar-refractivity contribution in [2.75, 3.05) is 0 Å². The molecule has 0 heterocycles. The molecule has 3 rings (SSSR count). The maximum atomic E-state index is 12.2. The average Bonchev–Trinajstić information content (AvgIpc) is 2.62. The second-order valence-electron chi connectivity index (χ2n) is 6.66. The summed E-state index contributed by atoms with van der Waals surface area (Å²) < 4.78 is 0. The zero-order chi connectivity index (χ0) is 16.8. The monoisotopic (exact) mass is 323 g/mol. The number of aromatic hydroxyl groups is 1. The molecule has 126 valence electrons. The summed E-state index contributed by atoms with van der Waals surface area (Å²) in [5.74, 6) is 0.982. The minimum Gasteiger partial charge on any atom is -0.508 e. The van der Waals surface area contributed by atoms with Gasteiger partial charge in [-0.25, -0.2) is 0 Å². The Balaban J connectivity index is 1.43. The van der Waals surface area contributed by atoms with Gasteiger partial charge in [0, 0.05) is 12.5 Å². The summed E-state index contributed by atoms with van der Waals surface area (Å²) in [6.07, 6.45) is 5.36. The minimum atomic E-state index is 0.0846. The Kier molecular flexibility index (Phi) is 5.52. The number of phenols is 1. The number of aryl methyl sites for hydroxylation is 1. The van der Waals surface area contributed by atoms with E-state index < -0.39 is 0 Å². The van der Waals surface area contributed by atoms with Crippen LogP contribution in [0.4, 0.5) is 0 Å². The van der Waals surface area contributed by atoms with Gasteiger partial charge in [-0.1, -0.05) is 48.5 Å². The maximum Gasteiger partial charge on any atom is 0.220 e. The molecule has 0 saturated heterocycles. The van der Waals surface area contributed by atoms with Crippen LogP contribution in [0.1, 0.15) is 49.1 Å². The Morgan fingerprint density at radius 1 is 0.958 bits per heavy atom. The van der Waals surface area contributed by atoms with Crippen LogP contribution in [0.25, 0.3) is 0 Å². The van der Waals surface area contributed by atoms with Gasteiger partial charge in [0.05, 0.1) is 0 Å². The largest absolute Gasteiger partial charge is 0.508 e. The predicted molar refractivity (Wildman–Crippen MR) is 96.0 cm³/mol. The molecule has 0 unspecified atom stereocenters. The van der Waals surface area contributed by atoms with E-state index in [0.717, 1.165) is 31.2 Å². The number of amides is 1. The molecular formula is C21H25NO2. The van der Waals surface area contributed by atoms with Crippen LogP contribution in [0.3, 0.4) is 0 Å². The summed E-state index contributed by atoms with van der Waals surface area (Å²) in [6.45, 7) is 0. The molecule has 1 fully saturated rings. The SMILES string of the molecule is O=C(CCc1ccccc1O)NC1CCC(c2ccccc2)CC1. The number of para-hydroxylation sites is 1. The Bertz CT molecular complexity index is 661. The van der Waals surface area contributed by atoms with Gasteiger partial charge in [-0.15, -0.1) is 0 Å². The maximum absolute atomic E-state index is 12.2. The lowest BCUT2D eigenvalue weighted by molar-refractivity contribution is -0.122. The molecule has 1 aliphatic rings.